The molecule has 0 fully saturated rings. The Hall–Kier alpha value is -0.130. The van der Waals surface area contributed by atoms with Crippen LogP contribution in [0.25, 0.3) is 0 Å². The number of hydrogen-bond donors (Lipinski definition) is 0. The molecule has 0 bridgehead atoms. The van der Waals surface area contributed by atoms with Gasteiger partial charge in [0.05, 0.1) is 5.75 Å². The zero-order valence-corrected chi connectivity index (χ0v) is 14.8. The summed E-state index contributed by atoms with van der Waals surface area (Å²) in [4.78, 5) is 0. The maximum Gasteiger partial charge on any atom is 0.314 e. The Kier molecular flexibility index (Phi) is 9.68. The standard InChI is InChI=1S/C15H34NO3S/c1-6-9-10-11-12-13-15(8-3)16(4,5)19-20(17,18)14-7-2/h15H,6-14H2,1-5H3/q+1. The van der Waals surface area contributed by atoms with Crippen molar-refractivity contribution in [2.24, 2.45) is 0 Å². The van der Waals surface area contributed by atoms with Crippen molar-refractivity contribution in [3.63, 3.8) is 0 Å². The zero-order chi connectivity index (χ0) is 15.6. The Bertz CT molecular complexity index is 339. The average Bonchev–Trinajstić information content (AvgIpc) is 2.31. The monoisotopic (exact) mass is 308 g/mol. The summed E-state index contributed by atoms with van der Waals surface area (Å²) in [5, 5.41) is 0. The molecular formula is C15H34NO3S+. The lowest BCUT2D eigenvalue weighted by Crippen LogP contribution is -2.50. The fourth-order valence-corrected chi connectivity index (χ4v) is 3.86. The van der Waals surface area contributed by atoms with Gasteiger partial charge in [-0.2, -0.15) is 13.1 Å². The second-order valence-electron chi connectivity index (χ2n) is 6.04. The Morgan fingerprint density at radius 3 is 2.05 bits per heavy atom. The van der Waals surface area contributed by atoms with Crippen LogP contribution >= 0.6 is 0 Å². The van der Waals surface area contributed by atoms with Crippen molar-refractivity contribution >= 4 is 10.1 Å². The first-order chi connectivity index (χ1) is 9.29. The maximum absolute atomic E-state index is 11.8. The topological polar surface area (TPSA) is 43.4 Å². The number of nitrogens with zero attached hydrogens (tertiary/aromatic N) is 1. The smallest absolute Gasteiger partial charge is 0.194 e. The molecule has 0 saturated heterocycles. The van der Waals surface area contributed by atoms with E-state index in [1.165, 1.54) is 25.7 Å². The Balaban J connectivity index is 4.38. The fourth-order valence-electron chi connectivity index (χ4n) is 2.58. The van der Waals surface area contributed by atoms with Gasteiger partial charge in [-0.1, -0.05) is 50.7 Å². The second-order valence-corrected chi connectivity index (χ2v) is 7.71. The van der Waals surface area contributed by atoms with E-state index in [9.17, 15) is 8.42 Å². The van der Waals surface area contributed by atoms with Crippen LogP contribution in [0, 0.1) is 0 Å². The van der Waals surface area contributed by atoms with Crippen molar-refractivity contribution in [1.82, 2.24) is 0 Å². The average molecular weight is 309 g/mol. The van der Waals surface area contributed by atoms with Crippen LogP contribution < -0.4 is 0 Å². The quantitative estimate of drug-likeness (QED) is 0.312. The normalized spacial score (nSPS) is 14.4. The summed E-state index contributed by atoms with van der Waals surface area (Å²) in [6.07, 6.45) is 8.74. The van der Waals surface area contributed by atoms with E-state index >= 15 is 0 Å². The molecule has 5 heteroatoms. The van der Waals surface area contributed by atoms with Crippen LogP contribution in [0.4, 0.5) is 0 Å². The molecule has 0 heterocycles. The molecule has 0 N–H and O–H groups in total. The molecule has 20 heavy (non-hydrogen) atoms. The second kappa shape index (κ2) is 9.74. The van der Waals surface area contributed by atoms with E-state index in [4.69, 9.17) is 4.28 Å². The predicted molar refractivity (Wildman–Crippen MR) is 84.7 cm³/mol. The molecule has 0 aliphatic carbocycles. The fraction of sp³-hybridized carbons (Fsp3) is 1.00. The third kappa shape index (κ3) is 8.22. The van der Waals surface area contributed by atoms with Gasteiger partial charge in [0, 0.05) is 6.42 Å². The van der Waals surface area contributed by atoms with E-state index in [0.29, 0.717) is 6.42 Å². The molecule has 1 atom stereocenters. The van der Waals surface area contributed by atoms with Gasteiger partial charge in [0.15, 0.2) is 0 Å². The third-order valence-corrected chi connectivity index (χ3v) is 5.27. The van der Waals surface area contributed by atoms with Crippen molar-refractivity contribution in [3.8, 4) is 0 Å². The summed E-state index contributed by atoms with van der Waals surface area (Å²) in [5.74, 6) is 0.0988. The minimum atomic E-state index is -3.41. The lowest BCUT2D eigenvalue weighted by molar-refractivity contribution is -1.07. The van der Waals surface area contributed by atoms with Crippen LogP contribution in [0.3, 0.4) is 0 Å². The highest BCUT2D eigenvalue weighted by Crippen LogP contribution is 2.21. The lowest BCUT2D eigenvalue weighted by atomic mass is 10.0. The van der Waals surface area contributed by atoms with E-state index < -0.39 is 10.1 Å². The summed E-state index contributed by atoms with van der Waals surface area (Å²) in [5.41, 5.74) is 0. The zero-order valence-electron chi connectivity index (χ0n) is 14.0. The Morgan fingerprint density at radius 1 is 0.950 bits per heavy atom. The van der Waals surface area contributed by atoms with Crippen molar-refractivity contribution in [3.05, 3.63) is 0 Å². The maximum atomic E-state index is 11.8. The van der Waals surface area contributed by atoms with Gasteiger partial charge in [0.1, 0.15) is 20.1 Å². The molecular weight excluding hydrogens is 274 g/mol. The highest BCUT2D eigenvalue weighted by Gasteiger charge is 2.33. The first kappa shape index (κ1) is 19.9. The lowest BCUT2D eigenvalue weighted by Gasteiger charge is -2.33. The highest BCUT2D eigenvalue weighted by atomic mass is 32.2. The summed E-state index contributed by atoms with van der Waals surface area (Å²) in [7, 11) is 0.298. The van der Waals surface area contributed by atoms with Crippen LogP contribution in [0.5, 0.6) is 0 Å². The molecule has 0 rings (SSSR count). The summed E-state index contributed by atoms with van der Waals surface area (Å²) < 4.78 is 29.2. The van der Waals surface area contributed by atoms with Gasteiger partial charge in [-0.15, -0.1) is 0 Å². The molecule has 0 aromatic heterocycles. The highest BCUT2D eigenvalue weighted by molar-refractivity contribution is 7.86. The van der Waals surface area contributed by atoms with Crippen molar-refractivity contribution < 1.29 is 17.3 Å². The SMILES string of the molecule is CCCCCCCC(CC)[N+](C)(C)OS(=O)(=O)CCC. The molecule has 0 aliphatic rings. The minimum absolute atomic E-state index is 0.0988. The predicted octanol–water partition coefficient (Wildman–Crippen LogP) is 3.87. The van der Waals surface area contributed by atoms with Gasteiger partial charge in [-0.25, -0.2) is 0 Å². The number of hydrogen-bond acceptors (Lipinski definition) is 3. The van der Waals surface area contributed by atoms with Gasteiger partial charge in [0.25, 0.3) is 0 Å². The van der Waals surface area contributed by atoms with Crippen LogP contribution in [0.2, 0.25) is 0 Å². The van der Waals surface area contributed by atoms with E-state index in [1.807, 2.05) is 21.0 Å². The number of hydroxylamine groups is 3. The van der Waals surface area contributed by atoms with E-state index in [0.717, 1.165) is 19.3 Å². The summed E-state index contributed by atoms with van der Waals surface area (Å²) in [6, 6.07) is 0.239. The first-order valence-corrected chi connectivity index (χ1v) is 9.64. The molecule has 1 unspecified atom stereocenters. The van der Waals surface area contributed by atoms with Crippen LogP contribution in [0.15, 0.2) is 0 Å². The molecule has 0 aromatic carbocycles. The molecule has 0 aromatic rings. The van der Waals surface area contributed by atoms with Crippen LogP contribution in [-0.4, -0.2) is 39.0 Å². The molecule has 0 aliphatic heterocycles. The molecule has 0 radical (unpaired) electrons. The summed E-state index contributed by atoms with van der Waals surface area (Å²) in [6.45, 7) is 6.17. The molecule has 122 valence electrons. The van der Waals surface area contributed by atoms with E-state index in [2.05, 4.69) is 13.8 Å². The Morgan fingerprint density at radius 2 is 1.55 bits per heavy atom. The minimum Gasteiger partial charge on any atom is -0.194 e. The van der Waals surface area contributed by atoms with Crippen molar-refractivity contribution in [2.45, 2.75) is 78.2 Å². The molecule has 4 nitrogen and oxygen atoms in total. The van der Waals surface area contributed by atoms with Crippen molar-refractivity contribution in [1.29, 1.82) is 0 Å². The van der Waals surface area contributed by atoms with Gasteiger partial charge < -0.3 is 0 Å². The summed E-state index contributed by atoms with van der Waals surface area (Å²) >= 11 is 0. The van der Waals surface area contributed by atoms with Gasteiger partial charge in [-0.3, -0.25) is 0 Å². The van der Waals surface area contributed by atoms with Gasteiger partial charge >= 0.3 is 10.1 Å². The number of rotatable bonds is 12. The van der Waals surface area contributed by atoms with Gasteiger partial charge in [0.2, 0.25) is 0 Å². The molecule has 0 amide bonds. The van der Waals surface area contributed by atoms with Crippen LogP contribution in [-0.2, 0) is 14.4 Å². The van der Waals surface area contributed by atoms with Crippen molar-refractivity contribution in [2.75, 3.05) is 19.8 Å². The largest absolute Gasteiger partial charge is 0.314 e. The number of quaternary nitrogens is 1. The van der Waals surface area contributed by atoms with E-state index in [-0.39, 0.29) is 16.4 Å². The Labute approximate surface area is 126 Å². The van der Waals surface area contributed by atoms with Crippen LogP contribution in [0.1, 0.15) is 72.1 Å². The van der Waals surface area contributed by atoms with E-state index in [1.54, 1.807) is 0 Å². The first-order valence-electron chi connectivity index (χ1n) is 8.06. The number of unbranched alkanes of at least 4 members (excludes halogenated alkanes) is 4. The van der Waals surface area contributed by atoms with Gasteiger partial charge in [-0.05, 0) is 19.3 Å². The molecule has 0 saturated carbocycles. The third-order valence-electron chi connectivity index (χ3n) is 3.75. The molecule has 0 spiro atoms.